The molecular formula is C11H15BrFN. The molecule has 0 spiro atoms. The molecule has 1 nitrogen and oxygen atoms in total. The van der Waals surface area contributed by atoms with Gasteiger partial charge in [0, 0.05) is 10.5 Å². The van der Waals surface area contributed by atoms with Crippen LogP contribution < -0.4 is 5.73 Å². The molecule has 0 unspecified atom stereocenters. The smallest absolute Gasteiger partial charge is 0.124 e. The van der Waals surface area contributed by atoms with E-state index in [2.05, 4.69) is 22.9 Å². The summed E-state index contributed by atoms with van der Waals surface area (Å²) in [7, 11) is 0. The monoisotopic (exact) mass is 259 g/mol. The molecule has 1 rings (SSSR count). The third-order valence-electron chi connectivity index (χ3n) is 2.18. The lowest BCUT2D eigenvalue weighted by Crippen LogP contribution is -2.10. The topological polar surface area (TPSA) is 26.0 Å². The Labute approximate surface area is 92.6 Å². The lowest BCUT2D eigenvalue weighted by Gasteiger charge is -2.11. The van der Waals surface area contributed by atoms with Gasteiger partial charge in [-0.3, -0.25) is 0 Å². The molecule has 0 aliphatic rings. The molecule has 0 radical (unpaired) electrons. The molecule has 0 aliphatic heterocycles. The summed E-state index contributed by atoms with van der Waals surface area (Å²) in [6.07, 6.45) is 3.10. The van der Waals surface area contributed by atoms with Crippen LogP contribution in [0.25, 0.3) is 0 Å². The van der Waals surface area contributed by atoms with Crippen molar-refractivity contribution in [1.29, 1.82) is 0 Å². The van der Waals surface area contributed by atoms with Crippen LogP contribution in [0.3, 0.4) is 0 Å². The summed E-state index contributed by atoms with van der Waals surface area (Å²) >= 11 is 3.25. The van der Waals surface area contributed by atoms with Crippen LogP contribution in [-0.2, 0) is 0 Å². The molecule has 0 aliphatic carbocycles. The van der Waals surface area contributed by atoms with Crippen LogP contribution in [0.1, 0.15) is 37.8 Å². The van der Waals surface area contributed by atoms with E-state index in [-0.39, 0.29) is 11.9 Å². The van der Waals surface area contributed by atoms with Gasteiger partial charge in [0.2, 0.25) is 0 Å². The molecule has 14 heavy (non-hydrogen) atoms. The Bertz CT molecular complexity index is 281. The average Bonchev–Trinajstić information content (AvgIpc) is 2.12. The molecule has 1 atom stereocenters. The summed E-state index contributed by atoms with van der Waals surface area (Å²) in [5.74, 6) is -0.235. The molecule has 0 bridgehead atoms. The van der Waals surface area contributed by atoms with Crippen molar-refractivity contribution in [2.24, 2.45) is 5.73 Å². The van der Waals surface area contributed by atoms with Crippen molar-refractivity contribution in [3.8, 4) is 0 Å². The molecular weight excluding hydrogens is 245 g/mol. The SMILES string of the molecule is CCCC[C@H](N)c1cc(F)cc(Br)c1. The Hall–Kier alpha value is -0.410. The number of hydrogen-bond acceptors (Lipinski definition) is 1. The predicted molar refractivity (Wildman–Crippen MR) is 60.6 cm³/mol. The largest absolute Gasteiger partial charge is 0.324 e. The second-order valence-electron chi connectivity index (χ2n) is 3.45. The van der Waals surface area contributed by atoms with Crippen molar-refractivity contribution in [2.45, 2.75) is 32.2 Å². The summed E-state index contributed by atoms with van der Waals surface area (Å²) in [6, 6.07) is 4.77. The Balaban J connectivity index is 2.73. The number of hydrogen-bond donors (Lipinski definition) is 1. The van der Waals surface area contributed by atoms with Crippen LogP contribution in [0.4, 0.5) is 4.39 Å². The van der Waals surface area contributed by atoms with Gasteiger partial charge in [-0.15, -0.1) is 0 Å². The molecule has 0 amide bonds. The molecule has 3 heteroatoms. The van der Waals surface area contributed by atoms with Gasteiger partial charge < -0.3 is 5.73 Å². The molecule has 78 valence electrons. The van der Waals surface area contributed by atoms with Gasteiger partial charge in [0.05, 0.1) is 0 Å². The van der Waals surface area contributed by atoms with Crippen LogP contribution >= 0.6 is 15.9 Å². The first kappa shape index (κ1) is 11.7. The molecule has 0 heterocycles. The fourth-order valence-electron chi connectivity index (χ4n) is 1.38. The highest BCUT2D eigenvalue weighted by Gasteiger charge is 2.07. The van der Waals surface area contributed by atoms with Gasteiger partial charge in [-0.1, -0.05) is 35.7 Å². The van der Waals surface area contributed by atoms with Crippen LogP contribution in [0, 0.1) is 5.82 Å². The van der Waals surface area contributed by atoms with Gasteiger partial charge in [0.15, 0.2) is 0 Å². The normalized spacial score (nSPS) is 12.9. The molecule has 2 N–H and O–H groups in total. The zero-order valence-electron chi connectivity index (χ0n) is 8.26. The molecule has 1 aromatic carbocycles. The van der Waals surface area contributed by atoms with Crippen molar-refractivity contribution in [1.82, 2.24) is 0 Å². The van der Waals surface area contributed by atoms with E-state index in [0.29, 0.717) is 0 Å². The van der Waals surface area contributed by atoms with E-state index in [4.69, 9.17) is 5.73 Å². The first-order valence-corrected chi connectivity index (χ1v) is 5.64. The quantitative estimate of drug-likeness (QED) is 0.875. The van der Waals surface area contributed by atoms with E-state index >= 15 is 0 Å². The van der Waals surface area contributed by atoms with Crippen LogP contribution in [0.2, 0.25) is 0 Å². The minimum Gasteiger partial charge on any atom is -0.324 e. The van der Waals surface area contributed by atoms with E-state index in [1.165, 1.54) is 12.1 Å². The van der Waals surface area contributed by atoms with Crippen molar-refractivity contribution >= 4 is 15.9 Å². The minimum absolute atomic E-state index is 0.0538. The van der Waals surface area contributed by atoms with E-state index < -0.39 is 0 Å². The van der Waals surface area contributed by atoms with Crippen LogP contribution in [-0.4, -0.2) is 0 Å². The zero-order chi connectivity index (χ0) is 10.6. The Morgan fingerprint density at radius 2 is 2.14 bits per heavy atom. The van der Waals surface area contributed by atoms with E-state index in [1.807, 2.05) is 6.07 Å². The summed E-state index contributed by atoms with van der Waals surface area (Å²) < 4.78 is 13.8. The van der Waals surface area contributed by atoms with Gasteiger partial charge in [-0.2, -0.15) is 0 Å². The minimum atomic E-state index is -0.235. The van der Waals surface area contributed by atoms with E-state index in [1.54, 1.807) is 0 Å². The van der Waals surface area contributed by atoms with Crippen molar-refractivity contribution < 1.29 is 4.39 Å². The third-order valence-corrected chi connectivity index (χ3v) is 2.64. The number of unbranched alkanes of at least 4 members (excludes halogenated alkanes) is 1. The average molecular weight is 260 g/mol. The van der Waals surface area contributed by atoms with Crippen LogP contribution in [0.15, 0.2) is 22.7 Å². The standard InChI is InChI=1S/C11H15BrFN/c1-2-3-4-11(14)8-5-9(12)7-10(13)6-8/h5-7,11H,2-4,14H2,1H3/t11-/m0/s1. The lowest BCUT2D eigenvalue weighted by atomic mass is 10.0. The molecule has 0 aromatic heterocycles. The number of halogens is 2. The maximum atomic E-state index is 13.0. The lowest BCUT2D eigenvalue weighted by molar-refractivity contribution is 0.587. The van der Waals surface area contributed by atoms with E-state index in [9.17, 15) is 4.39 Å². The first-order valence-electron chi connectivity index (χ1n) is 4.85. The van der Waals surface area contributed by atoms with Crippen LogP contribution in [0.5, 0.6) is 0 Å². The Morgan fingerprint density at radius 3 is 2.71 bits per heavy atom. The summed E-state index contributed by atoms with van der Waals surface area (Å²) in [5, 5.41) is 0. The highest BCUT2D eigenvalue weighted by Crippen LogP contribution is 2.22. The number of rotatable bonds is 4. The third kappa shape index (κ3) is 3.39. The van der Waals surface area contributed by atoms with Gasteiger partial charge in [-0.05, 0) is 30.2 Å². The van der Waals surface area contributed by atoms with Gasteiger partial charge in [0.1, 0.15) is 5.82 Å². The molecule has 0 saturated heterocycles. The summed E-state index contributed by atoms with van der Waals surface area (Å²) in [6.45, 7) is 2.12. The van der Waals surface area contributed by atoms with Crippen molar-refractivity contribution in [2.75, 3.05) is 0 Å². The maximum absolute atomic E-state index is 13.0. The second-order valence-corrected chi connectivity index (χ2v) is 4.37. The molecule has 0 fully saturated rings. The fourth-order valence-corrected chi connectivity index (χ4v) is 1.86. The van der Waals surface area contributed by atoms with Gasteiger partial charge in [0.25, 0.3) is 0 Å². The second kappa shape index (κ2) is 5.47. The highest BCUT2D eigenvalue weighted by molar-refractivity contribution is 9.10. The molecule has 1 aromatic rings. The first-order chi connectivity index (χ1) is 6.63. The summed E-state index contributed by atoms with van der Waals surface area (Å²) in [4.78, 5) is 0. The van der Waals surface area contributed by atoms with E-state index in [0.717, 1.165) is 29.3 Å². The van der Waals surface area contributed by atoms with Crippen molar-refractivity contribution in [3.63, 3.8) is 0 Å². The highest BCUT2D eigenvalue weighted by atomic mass is 79.9. The van der Waals surface area contributed by atoms with Gasteiger partial charge in [-0.25, -0.2) is 4.39 Å². The molecule has 0 saturated carbocycles. The maximum Gasteiger partial charge on any atom is 0.124 e. The fraction of sp³-hybridized carbons (Fsp3) is 0.455. The van der Waals surface area contributed by atoms with Gasteiger partial charge >= 0.3 is 0 Å². The number of benzene rings is 1. The Morgan fingerprint density at radius 1 is 1.43 bits per heavy atom. The predicted octanol–water partition coefficient (Wildman–Crippen LogP) is 3.78. The number of nitrogens with two attached hydrogens (primary N) is 1. The Kier molecular flexibility index (Phi) is 4.55. The summed E-state index contributed by atoms with van der Waals surface area (Å²) in [5.41, 5.74) is 6.80. The van der Waals surface area contributed by atoms with Crippen molar-refractivity contribution in [3.05, 3.63) is 34.1 Å². The zero-order valence-corrected chi connectivity index (χ0v) is 9.85.